The summed E-state index contributed by atoms with van der Waals surface area (Å²) in [5, 5.41) is 11.4. The Morgan fingerprint density at radius 3 is 2.64 bits per heavy atom. The van der Waals surface area contributed by atoms with E-state index in [1.807, 2.05) is 51.2 Å². The lowest BCUT2D eigenvalue weighted by Gasteiger charge is -2.30. The van der Waals surface area contributed by atoms with Gasteiger partial charge in [-0.3, -0.25) is 14.2 Å². The molecule has 4 rings (SSSR count). The number of carbonyl (C=O) groups is 2. The number of thioether (sulfide) groups is 1. The van der Waals surface area contributed by atoms with Gasteiger partial charge in [0.1, 0.15) is 5.75 Å². The number of para-hydroxylation sites is 2. The maximum atomic E-state index is 12.9. The van der Waals surface area contributed by atoms with Crippen LogP contribution in [0.2, 0.25) is 0 Å². The maximum Gasteiger partial charge on any atom is 0.309 e. The quantitative estimate of drug-likeness (QED) is 0.353. The van der Waals surface area contributed by atoms with Gasteiger partial charge < -0.3 is 14.4 Å². The number of likely N-dealkylation sites (tertiary alicyclic amines) is 1. The Morgan fingerprint density at radius 2 is 1.94 bits per heavy atom. The number of rotatable bonds is 8. The third-order valence-corrected chi connectivity index (χ3v) is 7.27. The van der Waals surface area contributed by atoms with Crippen molar-refractivity contribution in [2.24, 2.45) is 5.92 Å². The summed E-state index contributed by atoms with van der Waals surface area (Å²) < 4.78 is 12.6. The molecule has 2 aromatic heterocycles. The monoisotopic (exact) mass is 486 g/mol. The fourth-order valence-corrected chi connectivity index (χ4v) is 5.35. The molecule has 0 bridgehead atoms. The average Bonchev–Trinajstić information content (AvgIpc) is 3.52. The van der Waals surface area contributed by atoms with Gasteiger partial charge in [-0.05, 0) is 43.3 Å². The second-order valence-corrected chi connectivity index (χ2v) is 9.38. The van der Waals surface area contributed by atoms with E-state index in [0.717, 1.165) is 10.6 Å². The van der Waals surface area contributed by atoms with Crippen LogP contribution < -0.4 is 4.74 Å². The smallest absolute Gasteiger partial charge is 0.309 e. The van der Waals surface area contributed by atoms with Crippen molar-refractivity contribution in [3.8, 4) is 22.1 Å². The number of thiophene rings is 1. The lowest BCUT2D eigenvalue weighted by molar-refractivity contribution is -0.151. The van der Waals surface area contributed by atoms with Crippen LogP contribution in [0.15, 0.2) is 46.9 Å². The zero-order valence-corrected chi connectivity index (χ0v) is 20.2. The number of benzene rings is 1. The normalized spacial score (nSPS) is 14.3. The molecule has 1 aliphatic heterocycles. The second kappa shape index (κ2) is 10.8. The van der Waals surface area contributed by atoms with E-state index in [-0.39, 0.29) is 23.5 Å². The van der Waals surface area contributed by atoms with E-state index in [1.165, 1.54) is 11.8 Å². The van der Waals surface area contributed by atoms with E-state index in [2.05, 4.69) is 10.2 Å². The summed E-state index contributed by atoms with van der Waals surface area (Å²) in [7, 11) is 1.63. The summed E-state index contributed by atoms with van der Waals surface area (Å²) in [5.41, 5.74) is 0.818. The number of esters is 1. The van der Waals surface area contributed by atoms with Crippen LogP contribution in [0.25, 0.3) is 16.4 Å². The predicted octanol–water partition coefficient (Wildman–Crippen LogP) is 3.90. The van der Waals surface area contributed by atoms with E-state index < -0.39 is 0 Å². The first-order valence-corrected chi connectivity index (χ1v) is 12.7. The molecule has 33 heavy (non-hydrogen) atoms. The minimum atomic E-state index is -0.162. The highest BCUT2D eigenvalue weighted by atomic mass is 32.2. The lowest BCUT2D eigenvalue weighted by Crippen LogP contribution is -2.41. The number of hydrogen-bond donors (Lipinski definition) is 0. The van der Waals surface area contributed by atoms with Crippen LogP contribution in [-0.4, -0.2) is 64.1 Å². The van der Waals surface area contributed by atoms with Gasteiger partial charge in [-0.25, -0.2) is 0 Å². The number of hydrogen-bond acceptors (Lipinski definition) is 8. The molecular formula is C23H26N4O4S2. The van der Waals surface area contributed by atoms with Crippen molar-refractivity contribution in [3.63, 3.8) is 0 Å². The van der Waals surface area contributed by atoms with Gasteiger partial charge in [-0.2, -0.15) is 0 Å². The predicted molar refractivity (Wildman–Crippen MR) is 128 cm³/mol. The Bertz CT molecular complexity index is 1090. The van der Waals surface area contributed by atoms with Crippen LogP contribution in [0.4, 0.5) is 0 Å². The van der Waals surface area contributed by atoms with Crippen molar-refractivity contribution in [2.45, 2.75) is 24.9 Å². The molecule has 0 radical (unpaired) electrons. The van der Waals surface area contributed by atoms with Gasteiger partial charge in [0.2, 0.25) is 5.91 Å². The highest BCUT2D eigenvalue weighted by molar-refractivity contribution is 7.99. The molecule has 1 aromatic carbocycles. The van der Waals surface area contributed by atoms with Gasteiger partial charge in [0.15, 0.2) is 11.0 Å². The number of amides is 1. The minimum Gasteiger partial charge on any atom is -0.495 e. The van der Waals surface area contributed by atoms with E-state index in [1.54, 1.807) is 25.4 Å². The summed E-state index contributed by atoms with van der Waals surface area (Å²) in [4.78, 5) is 27.6. The Balaban J connectivity index is 1.49. The highest BCUT2D eigenvalue weighted by Gasteiger charge is 2.28. The van der Waals surface area contributed by atoms with Crippen LogP contribution in [0.5, 0.6) is 5.75 Å². The minimum absolute atomic E-state index is 0.0227. The largest absolute Gasteiger partial charge is 0.495 e. The average molecular weight is 487 g/mol. The molecule has 0 spiro atoms. The molecule has 3 heterocycles. The standard InChI is InChI=1S/C23H26N4O4S2/c1-3-31-22(29)16-10-12-26(13-11-16)20(28)15-33-23-25-24-21(19-9-6-14-32-19)27(23)17-7-4-5-8-18(17)30-2/h4-9,14,16H,3,10-13,15H2,1-2H3. The van der Waals surface area contributed by atoms with Crippen molar-refractivity contribution in [1.29, 1.82) is 0 Å². The number of aromatic nitrogens is 3. The van der Waals surface area contributed by atoms with Crippen LogP contribution in [0, 0.1) is 5.92 Å². The third kappa shape index (κ3) is 5.22. The summed E-state index contributed by atoms with van der Waals surface area (Å²) in [5.74, 6) is 1.38. The summed E-state index contributed by atoms with van der Waals surface area (Å²) in [6, 6.07) is 11.6. The van der Waals surface area contributed by atoms with Crippen LogP contribution in [0.3, 0.4) is 0 Å². The molecule has 174 valence electrons. The molecule has 10 heteroatoms. The molecule has 1 aliphatic rings. The highest BCUT2D eigenvalue weighted by Crippen LogP contribution is 2.34. The molecule has 0 unspecified atom stereocenters. The zero-order valence-electron chi connectivity index (χ0n) is 18.6. The van der Waals surface area contributed by atoms with Gasteiger partial charge in [-0.1, -0.05) is 30.0 Å². The fraction of sp³-hybridized carbons (Fsp3) is 0.391. The second-order valence-electron chi connectivity index (χ2n) is 7.49. The third-order valence-electron chi connectivity index (χ3n) is 5.49. The van der Waals surface area contributed by atoms with E-state index in [4.69, 9.17) is 9.47 Å². The SMILES string of the molecule is CCOC(=O)C1CCN(C(=O)CSc2nnc(-c3cccs3)n2-c2ccccc2OC)CC1. The molecule has 0 N–H and O–H groups in total. The Hall–Kier alpha value is -2.85. The van der Waals surface area contributed by atoms with Crippen molar-refractivity contribution in [1.82, 2.24) is 19.7 Å². The molecule has 0 atom stereocenters. The Labute approximate surface area is 200 Å². The Kier molecular flexibility index (Phi) is 7.66. The van der Waals surface area contributed by atoms with Crippen LogP contribution in [-0.2, 0) is 14.3 Å². The number of piperidine rings is 1. The van der Waals surface area contributed by atoms with Crippen molar-refractivity contribution in [3.05, 3.63) is 41.8 Å². The number of carbonyl (C=O) groups excluding carboxylic acids is 2. The molecular weight excluding hydrogens is 460 g/mol. The first kappa shape index (κ1) is 23.3. The number of nitrogens with zero attached hydrogens (tertiary/aromatic N) is 4. The van der Waals surface area contributed by atoms with Crippen molar-refractivity contribution >= 4 is 35.0 Å². The Morgan fingerprint density at radius 1 is 1.15 bits per heavy atom. The lowest BCUT2D eigenvalue weighted by atomic mass is 9.97. The zero-order chi connectivity index (χ0) is 23.2. The van der Waals surface area contributed by atoms with Gasteiger partial charge in [0.05, 0.1) is 36.0 Å². The molecule has 8 nitrogen and oxygen atoms in total. The van der Waals surface area contributed by atoms with E-state index >= 15 is 0 Å². The molecule has 0 saturated carbocycles. The number of methoxy groups -OCH3 is 1. The molecule has 1 saturated heterocycles. The van der Waals surface area contributed by atoms with Gasteiger partial charge >= 0.3 is 5.97 Å². The van der Waals surface area contributed by atoms with Crippen LogP contribution in [0.1, 0.15) is 19.8 Å². The molecule has 1 amide bonds. The molecule has 0 aliphatic carbocycles. The van der Waals surface area contributed by atoms with Gasteiger partial charge in [-0.15, -0.1) is 21.5 Å². The fourth-order valence-electron chi connectivity index (χ4n) is 3.80. The summed E-state index contributed by atoms with van der Waals surface area (Å²) in [6.07, 6.45) is 1.27. The van der Waals surface area contributed by atoms with Gasteiger partial charge in [0.25, 0.3) is 0 Å². The van der Waals surface area contributed by atoms with E-state index in [0.29, 0.717) is 49.3 Å². The van der Waals surface area contributed by atoms with Crippen molar-refractivity contribution < 1.29 is 19.1 Å². The van der Waals surface area contributed by atoms with E-state index in [9.17, 15) is 9.59 Å². The first-order chi connectivity index (χ1) is 16.1. The topological polar surface area (TPSA) is 86.5 Å². The summed E-state index contributed by atoms with van der Waals surface area (Å²) in [6.45, 7) is 3.31. The maximum absolute atomic E-state index is 12.9. The van der Waals surface area contributed by atoms with Crippen molar-refractivity contribution in [2.75, 3.05) is 32.6 Å². The van der Waals surface area contributed by atoms with Gasteiger partial charge in [0, 0.05) is 13.1 Å². The number of ether oxygens (including phenoxy) is 2. The molecule has 3 aromatic rings. The first-order valence-electron chi connectivity index (χ1n) is 10.8. The summed E-state index contributed by atoms with van der Waals surface area (Å²) >= 11 is 2.93. The van der Waals surface area contributed by atoms with Crippen LogP contribution >= 0.6 is 23.1 Å². The molecule has 1 fully saturated rings.